The Morgan fingerprint density at radius 3 is 2.31 bits per heavy atom. The summed E-state index contributed by atoms with van der Waals surface area (Å²) in [7, 11) is 2.49. The molecule has 1 amide bonds. The Morgan fingerprint density at radius 1 is 1.06 bits per heavy atom. The third-order valence-corrected chi connectivity index (χ3v) is 6.24. The van der Waals surface area contributed by atoms with Crippen LogP contribution in [0.2, 0.25) is 0 Å². The molecule has 1 aromatic heterocycles. The first-order chi connectivity index (χ1) is 16.9. The van der Waals surface area contributed by atoms with Crippen molar-refractivity contribution in [2.75, 3.05) is 11.1 Å². The molecule has 0 radical (unpaired) electrons. The molecule has 0 aliphatic heterocycles. The fraction of sp³-hybridized carbons (Fsp3) is 0.250. The van der Waals surface area contributed by atoms with E-state index in [9.17, 15) is 32.7 Å². The van der Waals surface area contributed by atoms with E-state index in [-0.39, 0.29) is 10.6 Å². The zero-order valence-electron chi connectivity index (χ0n) is 19.6. The number of benzene rings is 2. The number of halogens is 3. The Bertz CT molecular complexity index is 1430. The second kappa shape index (κ2) is 10.9. The molecule has 8 nitrogen and oxygen atoms in total. The normalized spacial score (nSPS) is 12.0. The van der Waals surface area contributed by atoms with E-state index in [1.54, 1.807) is 12.1 Å². The number of rotatable bonds is 6. The van der Waals surface area contributed by atoms with Gasteiger partial charge in [-0.3, -0.25) is 18.7 Å². The molecule has 0 spiro atoms. The Hall–Kier alpha value is -3.80. The van der Waals surface area contributed by atoms with Gasteiger partial charge in [-0.25, -0.2) is 9.79 Å². The van der Waals surface area contributed by atoms with E-state index >= 15 is 0 Å². The zero-order valence-corrected chi connectivity index (χ0v) is 20.4. The van der Waals surface area contributed by atoms with Gasteiger partial charge in [-0.2, -0.15) is 13.2 Å². The maximum absolute atomic E-state index is 13.3. The zero-order chi connectivity index (χ0) is 26.6. The summed E-state index contributed by atoms with van der Waals surface area (Å²) >= 11 is 0.740. The van der Waals surface area contributed by atoms with E-state index in [0.717, 1.165) is 45.0 Å². The maximum atomic E-state index is 13.3. The number of anilines is 1. The maximum Gasteiger partial charge on any atom is 0.418 e. The van der Waals surface area contributed by atoms with Crippen molar-refractivity contribution in [1.82, 2.24) is 9.13 Å². The molecule has 0 atom stereocenters. The van der Waals surface area contributed by atoms with Crippen molar-refractivity contribution in [2.45, 2.75) is 19.5 Å². The van der Waals surface area contributed by atoms with Crippen LogP contribution in [0.5, 0.6) is 5.88 Å². The predicted molar refractivity (Wildman–Crippen MR) is 133 cm³/mol. The Balaban J connectivity index is 1.98. The number of aryl methyl sites for hydroxylation is 1. The molecule has 3 rings (SSSR count). The van der Waals surface area contributed by atoms with Gasteiger partial charge in [0.25, 0.3) is 5.56 Å². The van der Waals surface area contributed by atoms with Gasteiger partial charge in [0.1, 0.15) is 10.6 Å². The Kier molecular flexibility index (Phi) is 8.08. The minimum Gasteiger partial charge on any atom is -0.494 e. The molecule has 3 aromatic rings. The van der Waals surface area contributed by atoms with Crippen LogP contribution in [0, 0.1) is 0 Å². The summed E-state index contributed by atoms with van der Waals surface area (Å²) in [6.07, 6.45) is -3.88. The lowest BCUT2D eigenvalue weighted by Crippen LogP contribution is -2.39. The molecule has 0 bridgehead atoms. The van der Waals surface area contributed by atoms with Crippen molar-refractivity contribution in [2.24, 2.45) is 19.1 Å². The number of thioether (sulfide) groups is 1. The number of carbonyl (C=O) groups excluding carboxylic acids is 1. The minimum absolute atomic E-state index is 0.0767. The van der Waals surface area contributed by atoms with Gasteiger partial charge < -0.3 is 10.4 Å². The number of hydrogen-bond donors (Lipinski definition) is 2. The van der Waals surface area contributed by atoms with Crippen molar-refractivity contribution in [3.8, 4) is 5.88 Å². The lowest BCUT2D eigenvalue weighted by atomic mass is 10.1. The second-order valence-electron chi connectivity index (χ2n) is 7.72. The second-order valence-corrected chi connectivity index (χ2v) is 8.69. The van der Waals surface area contributed by atoms with Crippen LogP contribution in [-0.2, 0) is 31.5 Å². The summed E-state index contributed by atoms with van der Waals surface area (Å²) in [5, 5.41) is 12.7. The van der Waals surface area contributed by atoms with E-state index in [1.807, 2.05) is 19.1 Å². The fourth-order valence-electron chi connectivity index (χ4n) is 3.26. The summed E-state index contributed by atoms with van der Waals surface area (Å²) in [6, 6.07) is 11.6. The molecular weight excluding hydrogens is 497 g/mol. The SMILES string of the molecule is CCc1ccc(N=C(SCC(=O)Nc2ccccc2C(F)(F)F)c2c(O)n(C)c(=O)n(C)c2=O)cc1. The fourth-order valence-corrected chi connectivity index (χ4v) is 4.10. The molecule has 36 heavy (non-hydrogen) atoms. The van der Waals surface area contributed by atoms with E-state index < -0.39 is 46.2 Å². The van der Waals surface area contributed by atoms with Crippen LogP contribution in [0.4, 0.5) is 24.5 Å². The summed E-state index contributed by atoms with van der Waals surface area (Å²) in [5.41, 5.74) is -1.88. The average Bonchev–Trinajstić information content (AvgIpc) is 2.85. The Labute approximate surface area is 208 Å². The van der Waals surface area contributed by atoms with Gasteiger partial charge in [-0.1, -0.05) is 43.0 Å². The minimum atomic E-state index is -4.67. The molecule has 190 valence electrons. The molecule has 12 heteroatoms. The lowest BCUT2D eigenvalue weighted by Gasteiger charge is -2.14. The number of para-hydroxylation sites is 1. The first-order valence-corrected chi connectivity index (χ1v) is 11.7. The highest BCUT2D eigenvalue weighted by molar-refractivity contribution is 8.15. The smallest absolute Gasteiger partial charge is 0.418 e. The van der Waals surface area contributed by atoms with Crippen molar-refractivity contribution in [1.29, 1.82) is 0 Å². The number of nitrogens with zero attached hydrogens (tertiary/aromatic N) is 3. The molecule has 2 aromatic carbocycles. The molecule has 0 aliphatic carbocycles. The largest absolute Gasteiger partial charge is 0.494 e. The van der Waals surface area contributed by atoms with Gasteiger partial charge in [0.2, 0.25) is 11.8 Å². The van der Waals surface area contributed by atoms with E-state index in [1.165, 1.54) is 26.2 Å². The van der Waals surface area contributed by atoms with Gasteiger partial charge in [-0.15, -0.1) is 0 Å². The predicted octanol–water partition coefficient (Wildman–Crippen LogP) is 3.82. The van der Waals surface area contributed by atoms with E-state index in [2.05, 4.69) is 10.3 Å². The molecule has 1 heterocycles. The number of aromatic hydroxyl groups is 1. The lowest BCUT2D eigenvalue weighted by molar-refractivity contribution is -0.137. The number of carbonyl (C=O) groups is 1. The molecule has 0 aliphatic rings. The highest BCUT2D eigenvalue weighted by atomic mass is 32.2. The van der Waals surface area contributed by atoms with Crippen molar-refractivity contribution in [3.63, 3.8) is 0 Å². The topological polar surface area (TPSA) is 106 Å². The van der Waals surface area contributed by atoms with Crippen molar-refractivity contribution in [3.05, 3.63) is 86.1 Å². The van der Waals surface area contributed by atoms with E-state index in [0.29, 0.717) is 5.69 Å². The number of aromatic nitrogens is 2. The molecule has 0 fully saturated rings. The molecular formula is C24H23F3N4O4S. The number of amides is 1. The average molecular weight is 521 g/mol. The van der Waals surface area contributed by atoms with Crippen LogP contribution >= 0.6 is 11.8 Å². The first kappa shape index (κ1) is 26.8. The summed E-state index contributed by atoms with van der Waals surface area (Å²) in [5.74, 6) is -1.86. The van der Waals surface area contributed by atoms with Gasteiger partial charge in [0.05, 0.1) is 22.7 Å². The molecule has 0 unspecified atom stereocenters. The van der Waals surface area contributed by atoms with Gasteiger partial charge in [0.15, 0.2) is 0 Å². The number of alkyl halides is 3. The van der Waals surface area contributed by atoms with Crippen LogP contribution in [0.25, 0.3) is 0 Å². The first-order valence-electron chi connectivity index (χ1n) is 10.7. The van der Waals surface area contributed by atoms with E-state index in [4.69, 9.17) is 0 Å². The van der Waals surface area contributed by atoms with Crippen LogP contribution in [-0.4, -0.2) is 30.9 Å². The highest BCUT2D eigenvalue weighted by Crippen LogP contribution is 2.34. The number of nitrogens with one attached hydrogen (secondary N) is 1. The van der Waals surface area contributed by atoms with Crippen molar-refractivity contribution < 1.29 is 23.1 Å². The summed E-state index contributed by atoms with van der Waals surface area (Å²) in [6.45, 7) is 1.97. The van der Waals surface area contributed by atoms with Crippen LogP contribution in [0.1, 0.15) is 23.6 Å². The quantitative estimate of drug-likeness (QED) is 0.380. The standard InChI is InChI=1S/C24H23F3N4O4S/c1-4-14-9-11-15(12-10-14)28-20(19-21(33)30(2)23(35)31(3)22(19)34)36-13-18(32)29-17-8-6-5-7-16(17)24(25,26)27/h5-12,33H,4,13H2,1-3H3,(H,29,32). The summed E-state index contributed by atoms with van der Waals surface area (Å²) in [4.78, 5) is 42.0. The van der Waals surface area contributed by atoms with Gasteiger partial charge in [0, 0.05) is 14.1 Å². The highest BCUT2D eigenvalue weighted by Gasteiger charge is 2.33. The molecule has 2 N–H and O–H groups in total. The van der Waals surface area contributed by atoms with Crippen LogP contribution in [0.3, 0.4) is 0 Å². The Morgan fingerprint density at radius 2 is 1.69 bits per heavy atom. The number of aliphatic imine (C=N–C) groups is 1. The third-order valence-electron chi connectivity index (χ3n) is 5.27. The third kappa shape index (κ3) is 5.88. The van der Waals surface area contributed by atoms with Crippen LogP contribution < -0.4 is 16.6 Å². The summed E-state index contributed by atoms with van der Waals surface area (Å²) < 4.78 is 41.4. The van der Waals surface area contributed by atoms with Crippen LogP contribution in [0.15, 0.2) is 63.1 Å². The molecule has 0 saturated carbocycles. The number of hydrogen-bond acceptors (Lipinski definition) is 6. The monoisotopic (exact) mass is 520 g/mol. The van der Waals surface area contributed by atoms with Gasteiger partial charge in [-0.05, 0) is 36.2 Å². The molecule has 0 saturated heterocycles. The van der Waals surface area contributed by atoms with Crippen molar-refractivity contribution >= 4 is 34.1 Å². The van der Waals surface area contributed by atoms with Gasteiger partial charge >= 0.3 is 11.9 Å².